The molecule has 0 aromatic carbocycles. The summed E-state index contributed by atoms with van der Waals surface area (Å²) in [6.07, 6.45) is 4.85. The summed E-state index contributed by atoms with van der Waals surface area (Å²) in [6.45, 7) is 9.16. The molecule has 11 heavy (non-hydrogen) atoms. The van der Waals surface area contributed by atoms with Crippen LogP contribution in [0.5, 0.6) is 0 Å². The topological polar surface area (TPSA) is 12.0 Å². The zero-order valence-electron chi connectivity index (χ0n) is 7.91. The van der Waals surface area contributed by atoms with E-state index in [1.165, 1.54) is 12.8 Å². The van der Waals surface area contributed by atoms with Gasteiger partial charge in [0, 0.05) is 6.54 Å². The van der Waals surface area contributed by atoms with Gasteiger partial charge in [0.2, 0.25) is 0 Å². The van der Waals surface area contributed by atoms with E-state index in [-0.39, 0.29) is 0 Å². The predicted octanol–water partition coefficient (Wildman–Crippen LogP) is 2.34. The molecule has 1 aliphatic rings. The molecule has 0 radical (unpaired) electrons. The molecule has 0 atom stereocenters. The summed E-state index contributed by atoms with van der Waals surface area (Å²) in [5.41, 5.74) is 2.00. The Morgan fingerprint density at radius 2 is 2.27 bits per heavy atom. The van der Waals surface area contributed by atoms with Crippen molar-refractivity contribution < 1.29 is 0 Å². The molecule has 0 amide bonds. The Labute approximate surface area is 69.9 Å². The Kier molecular flexibility index (Phi) is 2.72. The summed E-state index contributed by atoms with van der Waals surface area (Å²) in [5.74, 6) is 0. The maximum absolute atomic E-state index is 3.41. The third kappa shape index (κ3) is 2.06. The van der Waals surface area contributed by atoms with Crippen molar-refractivity contribution in [3.05, 3.63) is 11.6 Å². The van der Waals surface area contributed by atoms with Crippen LogP contribution in [-0.4, -0.2) is 13.1 Å². The molecule has 0 bridgehead atoms. The smallest absolute Gasteiger partial charge is 0.0170 e. The molecule has 0 aliphatic carbocycles. The van der Waals surface area contributed by atoms with E-state index in [2.05, 4.69) is 32.2 Å². The molecular formula is C10H19N. The third-order valence-electron chi connectivity index (χ3n) is 2.78. The van der Waals surface area contributed by atoms with Gasteiger partial charge in [-0.25, -0.2) is 0 Å². The second-order valence-electron chi connectivity index (χ2n) is 3.93. The Balaban J connectivity index is 2.64. The van der Waals surface area contributed by atoms with Crippen molar-refractivity contribution in [3.63, 3.8) is 0 Å². The molecule has 1 nitrogen and oxygen atoms in total. The highest BCUT2D eigenvalue weighted by Crippen LogP contribution is 2.30. The van der Waals surface area contributed by atoms with Gasteiger partial charge in [-0.2, -0.15) is 0 Å². The van der Waals surface area contributed by atoms with Crippen molar-refractivity contribution in [3.8, 4) is 0 Å². The highest BCUT2D eigenvalue weighted by Gasteiger charge is 2.21. The van der Waals surface area contributed by atoms with Crippen molar-refractivity contribution in [2.45, 2.75) is 33.6 Å². The zero-order valence-corrected chi connectivity index (χ0v) is 7.91. The zero-order chi connectivity index (χ0) is 8.32. The van der Waals surface area contributed by atoms with E-state index in [0.29, 0.717) is 5.41 Å². The monoisotopic (exact) mass is 153 g/mol. The van der Waals surface area contributed by atoms with Gasteiger partial charge < -0.3 is 5.32 Å². The van der Waals surface area contributed by atoms with Crippen LogP contribution in [0.25, 0.3) is 0 Å². The van der Waals surface area contributed by atoms with Gasteiger partial charge >= 0.3 is 0 Å². The van der Waals surface area contributed by atoms with E-state index in [9.17, 15) is 0 Å². The van der Waals surface area contributed by atoms with E-state index in [0.717, 1.165) is 13.1 Å². The highest BCUT2D eigenvalue weighted by molar-refractivity contribution is 5.15. The first kappa shape index (κ1) is 8.79. The molecule has 0 aromatic rings. The van der Waals surface area contributed by atoms with Crippen LogP contribution < -0.4 is 5.32 Å². The average Bonchev–Trinajstić information content (AvgIpc) is 2.06. The van der Waals surface area contributed by atoms with Gasteiger partial charge in [0.05, 0.1) is 0 Å². The van der Waals surface area contributed by atoms with Crippen molar-refractivity contribution in [2.75, 3.05) is 13.1 Å². The number of hydrogen-bond donors (Lipinski definition) is 1. The van der Waals surface area contributed by atoms with Gasteiger partial charge in [-0.15, -0.1) is 0 Å². The molecule has 1 rings (SSSR count). The fourth-order valence-corrected chi connectivity index (χ4v) is 1.39. The van der Waals surface area contributed by atoms with Gasteiger partial charge in [0.1, 0.15) is 0 Å². The average molecular weight is 153 g/mol. The largest absolute Gasteiger partial charge is 0.313 e. The van der Waals surface area contributed by atoms with Crippen molar-refractivity contribution in [1.29, 1.82) is 0 Å². The minimum absolute atomic E-state index is 0.410. The summed E-state index contributed by atoms with van der Waals surface area (Å²) < 4.78 is 0. The molecule has 0 spiro atoms. The van der Waals surface area contributed by atoms with Crippen LogP contribution in [0.4, 0.5) is 0 Å². The molecule has 1 heterocycles. The normalized spacial score (nSPS) is 19.7. The third-order valence-corrected chi connectivity index (χ3v) is 2.78. The van der Waals surface area contributed by atoms with E-state index in [4.69, 9.17) is 0 Å². The minimum atomic E-state index is 0.410. The Bertz CT molecular complexity index is 156. The maximum Gasteiger partial charge on any atom is 0.0170 e. The molecule has 1 aliphatic heterocycles. The molecule has 0 saturated carbocycles. The summed E-state index contributed by atoms with van der Waals surface area (Å²) in [4.78, 5) is 0. The second-order valence-corrected chi connectivity index (χ2v) is 3.93. The molecule has 64 valence electrons. The molecule has 1 N–H and O–H groups in total. The molecule has 0 saturated heterocycles. The summed E-state index contributed by atoms with van der Waals surface area (Å²) >= 11 is 0. The first-order valence-corrected chi connectivity index (χ1v) is 4.57. The maximum atomic E-state index is 3.41. The van der Waals surface area contributed by atoms with Crippen molar-refractivity contribution in [2.24, 2.45) is 5.41 Å². The lowest BCUT2D eigenvalue weighted by molar-refractivity contribution is 0.405. The van der Waals surface area contributed by atoms with Gasteiger partial charge in [-0.1, -0.05) is 32.4 Å². The number of nitrogens with one attached hydrogen (secondary N) is 1. The first-order chi connectivity index (χ1) is 5.17. The minimum Gasteiger partial charge on any atom is -0.313 e. The van der Waals surface area contributed by atoms with Gasteiger partial charge in [0.15, 0.2) is 0 Å². The van der Waals surface area contributed by atoms with Gasteiger partial charge in [-0.3, -0.25) is 0 Å². The molecule has 0 unspecified atom stereocenters. The molecule has 0 aromatic heterocycles. The van der Waals surface area contributed by atoms with E-state index in [1.54, 1.807) is 5.57 Å². The van der Waals surface area contributed by atoms with Crippen LogP contribution in [0.15, 0.2) is 11.6 Å². The lowest BCUT2D eigenvalue weighted by Crippen LogP contribution is -2.29. The fourth-order valence-electron chi connectivity index (χ4n) is 1.39. The fraction of sp³-hybridized carbons (Fsp3) is 0.800. The number of hydrogen-bond acceptors (Lipinski definition) is 1. The van der Waals surface area contributed by atoms with Gasteiger partial charge in [-0.05, 0) is 24.8 Å². The Morgan fingerprint density at radius 1 is 1.55 bits per heavy atom. The van der Waals surface area contributed by atoms with E-state index < -0.39 is 0 Å². The Hall–Kier alpha value is -0.300. The SMILES string of the molecule is CCC(C)(C)C1=CCCNC1. The van der Waals surface area contributed by atoms with E-state index >= 15 is 0 Å². The standard InChI is InChI=1S/C10H19N/c1-4-10(2,3)9-6-5-7-11-8-9/h6,11H,4-5,7-8H2,1-3H3. The predicted molar refractivity (Wildman–Crippen MR) is 49.6 cm³/mol. The highest BCUT2D eigenvalue weighted by atomic mass is 14.9. The van der Waals surface area contributed by atoms with E-state index in [1.807, 2.05) is 0 Å². The van der Waals surface area contributed by atoms with Crippen LogP contribution in [0.3, 0.4) is 0 Å². The van der Waals surface area contributed by atoms with Crippen LogP contribution in [-0.2, 0) is 0 Å². The molecular weight excluding hydrogens is 134 g/mol. The number of rotatable bonds is 2. The summed E-state index contributed by atoms with van der Waals surface area (Å²) in [7, 11) is 0. The lowest BCUT2D eigenvalue weighted by atomic mass is 9.80. The summed E-state index contributed by atoms with van der Waals surface area (Å²) in [5, 5.41) is 3.41. The first-order valence-electron chi connectivity index (χ1n) is 4.57. The van der Waals surface area contributed by atoms with Gasteiger partial charge in [0.25, 0.3) is 0 Å². The summed E-state index contributed by atoms with van der Waals surface area (Å²) in [6, 6.07) is 0. The quantitative estimate of drug-likeness (QED) is 0.600. The van der Waals surface area contributed by atoms with Crippen LogP contribution in [0, 0.1) is 5.41 Å². The van der Waals surface area contributed by atoms with Crippen LogP contribution >= 0.6 is 0 Å². The van der Waals surface area contributed by atoms with Crippen molar-refractivity contribution >= 4 is 0 Å². The van der Waals surface area contributed by atoms with Crippen molar-refractivity contribution in [1.82, 2.24) is 5.32 Å². The lowest BCUT2D eigenvalue weighted by Gasteiger charge is -2.29. The second kappa shape index (κ2) is 3.40. The molecule has 1 heteroatoms. The Morgan fingerprint density at radius 3 is 2.73 bits per heavy atom. The molecule has 0 fully saturated rings. The van der Waals surface area contributed by atoms with Crippen LogP contribution in [0.2, 0.25) is 0 Å². The van der Waals surface area contributed by atoms with Crippen LogP contribution in [0.1, 0.15) is 33.6 Å².